The van der Waals surface area contributed by atoms with Crippen LogP contribution in [0.5, 0.6) is 5.75 Å². The Morgan fingerprint density at radius 2 is 1.73 bits per heavy atom. The van der Waals surface area contributed by atoms with Gasteiger partial charge in [-0.2, -0.15) is 0 Å². The van der Waals surface area contributed by atoms with E-state index in [-0.39, 0.29) is 13.2 Å². The van der Waals surface area contributed by atoms with Crippen molar-refractivity contribution < 1.29 is 33.8 Å². The van der Waals surface area contributed by atoms with E-state index >= 15 is 0 Å². The molecule has 0 aromatic heterocycles. The van der Waals surface area contributed by atoms with Gasteiger partial charge in [0.05, 0.1) is 20.1 Å². The Balaban J connectivity index is 1.71. The molecule has 2 aromatic carbocycles. The van der Waals surface area contributed by atoms with Crippen LogP contribution in [0.25, 0.3) is 0 Å². The first-order valence-corrected chi connectivity index (χ1v) is 9.05. The van der Waals surface area contributed by atoms with E-state index in [0.29, 0.717) is 16.9 Å². The molecule has 9 heteroatoms. The van der Waals surface area contributed by atoms with Crippen molar-refractivity contribution in [2.45, 2.75) is 25.1 Å². The van der Waals surface area contributed by atoms with Crippen molar-refractivity contribution in [3.8, 4) is 5.75 Å². The number of methoxy groups -OCH3 is 1. The maximum absolute atomic E-state index is 12.8. The van der Waals surface area contributed by atoms with Crippen LogP contribution in [0.1, 0.15) is 17.5 Å². The number of nitrogens with one attached hydrogen (secondary N) is 1. The lowest BCUT2D eigenvalue weighted by molar-refractivity contribution is -0.151. The number of carbonyl (C=O) groups excluding carboxylic acids is 3. The Labute approximate surface area is 172 Å². The predicted molar refractivity (Wildman–Crippen MR) is 103 cm³/mol. The average molecular weight is 412 g/mol. The van der Waals surface area contributed by atoms with Crippen molar-refractivity contribution in [3.05, 3.63) is 65.7 Å². The number of likely N-dealkylation sites (tertiary alicyclic amines) is 1. The lowest BCUT2D eigenvalue weighted by Gasteiger charge is -2.23. The highest BCUT2D eigenvalue weighted by Gasteiger charge is 2.58. The van der Waals surface area contributed by atoms with Gasteiger partial charge in [0.15, 0.2) is 0 Å². The second-order valence-corrected chi connectivity index (χ2v) is 6.71. The molecule has 30 heavy (non-hydrogen) atoms. The molecule has 1 aliphatic rings. The number of benzene rings is 2. The lowest BCUT2D eigenvalue weighted by atomic mass is 9.98. The Morgan fingerprint density at radius 3 is 2.33 bits per heavy atom. The van der Waals surface area contributed by atoms with E-state index in [1.807, 2.05) is 0 Å². The molecule has 156 valence electrons. The van der Waals surface area contributed by atoms with Crippen molar-refractivity contribution in [3.63, 3.8) is 0 Å². The smallest absolute Gasteiger partial charge is 0.408 e. The Hall–Kier alpha value is -3.88. The van der Waals surface area contributed by atoms with E-state index in [1.165, 1.54) is 7.11 Å². The number of carbonyl (C=O) groups is 4. The molecule has 1 atom stereocenters. The summed E-state index contributed by atoms with van der Waals surface area (Å²) in [5, 5.41) is 11.7. The zero-order chi connectivity index (χ0) is 21.7. The van der Waals surface area contributed by atoms with E-state index in [0.717, 1.165) is 4.90 Å². The normalized spacial score (nSPS) is 18.2. The third-order valence-electron chi connectivity index (χ3n) is 4.72. The van der Waals surface area contributed by atoms with Crippen LogP contribution < -0.4 is 10.1 Å². The molecular weight excluding hydrogens is 392 g/mol. The van der Waals surface area contributed by atoms with E-state index in [4.69, 9.17) is 9.47 Å². The fourth-order valence-corrected chi connectivity index (χ4v) is 3.07. The molecule has 2 N–H and O–H groups in total. The Morgan fingerprint density at radius 1 is 1.07 bits per heavy atom. The van der Waals surface area contributed by atoms with Crippen LogP contribution in [0.4, 0.5) is 4.79 Å². The third kappa shape index (κ3) is 4.24. The van der Waals surface area contributed by atoms with Crippen LogP contribution in [0, 0.1) is 0 Å². The highest BCUT2D eigenvalue weighted by molar-refractivity contribution is 6.20. The van der Waals surface area contributed by atoms with E-state index in [1.54, 1.807) is 54.6 Å². The number of hydrogen-bond acceptors (Lipinski definition) is 6. The minimum absolute atomic E-state index is 0.111. The number of hydrogen-bond donors (Lipinski definition) is 2. The van der Waals surface area contributed by atoms with Crippen molar-refractivity contribution in [2.75, 3.05) is 7.11 Å². The molecule has 9 nitrogen and oxygen atoms in total. The van der Waals surface area contributed by atoms with Gasteiger partial charge in [0.2, 0.25) is 11.4 Å². The van der Waals surface area contributed by atoms with Crippen molar-refractivity contribution in [1.82, 2.24) is 10.2 Å². The first-order valence-electron chi connectivity index (χ1n) is 9.05. The summed E-state index contributed by atoms with van der Waals surface area (Å²) in [6.07, 6.45) is -1.80. The second-order valence-electron chi connectivity index (χ2n) is 6.71. The number of carboxylic acids is 1. The molecule has 0 spiro atoms. The third-order valence-corrected chi connectivity index (χ3v) is 4.72. The molecule has 0 unspecified atom stereocenters. The van der Waals surface area contributed by atoms with Crippen LogP contribution in [-0.2, 0) is 32.3 Å². The van der Waals surface area contributed by atoms with Gasteiger partial charge in [-0.25, -0.2) is 9.59 Å². The van der Waals surface area contributed by atoms with Crippen LogP contribution in [-0.4, -0.2) is 46.5 Å². The summed E-state index contributed by atoms with van der Waals surface area (Å²) in [6.45, 7) is -0.239. The number of ether oxygens (including phenoxy) is 2. The lowest BCUT2D eigenvalue weighted by Crippen LogP contribution is -2.59. The Bertz CT molecular complexity index is 959. The molecule has 2 aromatic rings. The zero-order valence-corrected chi connectivity index (χ0v) is 16.2. The maximum atomic E-state index is 12.8. The summed E-state index contributed by atoms with van der Waals surface area (Å²) in [5.74, 6) is -2.76. The van der Waals surface area contributed by atoms with Crippen LogP contribution in [0.15, 0.2) is 54.6 Å². The van der Waals surface area contributed by atoms with Crippen molar-refractivity contribution in [2.24, 2.45) is 0 Å². The predicted octanol–water partition coefficient (Wildman–Crippen LogP) is 1.70. The van der Waals surface area contributed by atoms with Gasteiger partial charge in [-0.05, 0) is 23.3 Å². The maximum Gasteiger partial charge on any atom is 0.408 e. The van der Waals surface area contributed by atoms with Gasteiger partial charge in [0.1, 0.15) is 12.4 Å². The second kappa shape index (κ2) is 8.64. The van der Waals surface area contributed by atoms with Gasteiger partial charge in [0, 0.05) is 0 Å². The first-order chi connectivity index (χ1) is 14.4. The fourth-order valence-electron chi connectivity index (χ4n) is 3.07. The summed E-state index contributed by atoms with van der Waals surface area (Å²) in [6, 6.07) is 15.4. The molecule has 3 rings (SSSR count). The van der Waals surface area contributed by atoms with Crippen LogP contribution in [0.3, 0.4) is 0 Å². The minimum atomic E-state index is -2.41. The monoisotopic (exact) mass is 412 g/mol. The SMILES string of the molecule is COc1ccc(CN2C(=O)C[C@](NC(=O)OCc3ccccc3)(C(=O)O)C2=O)cc1. The molecule has 0 saturated carbocycles. The molecular formula is C21H20N2O7. The number of rotatable bonds is 7. The average Bonchev–Trinajstić information content (AvgIpc) is 2.98. The topological polar surface area (TPSA) is 122 Å². The molecule has 1 saturated heterocycles. The fraction of sp³-hybridized carbons (Fsp3) is 0.238. The van der Waals surface area contributed by atoms with Crippen molar-refractivity contribution >= 4 is 23.9 Å². The van der Waals surface area contributed by atoms with Crippen LogP contribution >= 0.6 is 0 Å². The number of amides is 3. The van der Waals surface area contributed by atoms with E-state index < -0.39 is 35.8 Å². The number of carboxylic acid groups (broad SMARTS) is 1. The molecule has 3 amide bonds. The Kier molecular flexibility index (Phi) is 6.01. The number of aliphatic carboxylic acids is 1. The van der Waals surface area contributed by atoms with Gasteiger partial charge in [-0.1, -0.05) is 42.5 Å². The number of alkyl carbamates (subject to hydrolysis) is 1. The summed E-state index contributed by atoms with van der Waals surface area (Å²) in [7, 11) is 1.51. The van der Waals surface area contributed by atoms with Gasteiger partial charge in [0.25, 0.3) is 5.91 Å². The largest absolute Gasteiger partial charge is 0.497 e. The molecule has 1 fully saturated rings. The summed E-state index contributed by atoms with van der Waals surface area (Å²) in [5.41, 5.74) is -1.12. The van der Waals surface area contributed by atoms with Gasteiger partial charge in [-0.3, -0.25) is 19.8 Å². The minimum Gasteiger partial charge on any atom is -0.497 e. The summed E-state index contributed by atoms with van der Waals surface area (Å²) >= 11 is 0. The summed E-state index contributed by atoms with van der Waals surface area (Å²) < 4.78 is 10.1. The van der Waals surface area contributed by atoms with Crippen LogP contribution in [0.2, 0.25) is 0 Å². The summed E-state index contributed by atoms with van der Waals surface area (Å²) in [4.78, 5) is 50.1. The van der Waals surface area contributed by atoms with E-state index in [2.05, 4.69) is 5.32 Å². The van der Waals surface area contributed by atoms with Gasteiger partial charge >= 0.3 is 12.1 Å². The highest BCUT2D eigenvalue weighted by Crippen LogP contribution is 2.27. The highest BCUT2D eigenvalue weighted by atomic mass is 16.5. The molecule has 1 aliphatic heterocycles. The first kappa shape index (κ1) is 20.8. The standard InChI is InChI=1S/C21H20N2O7/c1-29-16-9-7-14(8-10-16)12-23-17(24)11-21(18(23)25,19(26)27)22-20(28)30-13-15-5-3-2-4-6-15/h2-10H,11-13H2,1H3,(H,22,28)(H,26,27)/t21-/m1/s1. The zero-order valence-electron chi connectivity index (χ0n) is 16.2. The quantitative estimate of drug-likeness (QED) is 0.524. The molecule has 1 heterocycles. The number of nitrogens with zero attached hydrogens (tertiary/aromatic N) is 1. The number of imide groups is 1. The molecule has 0 bridgehead atoms. The van der Waals surface area contributed by atoms with E-state index in [9.17, 15) is 24.3 Å². The van der Waals surface area contributed by atoms with Gasteiger partial charge < -0.3 is 14.6 Å². The molecule has 0 aliphatic carbocycles. The van der Waals surface area contributed by atoms with Crippen molar-refractivity contribution in [1.29, 1.82) is 0 Å². The molecule has 0 radical (unpaired) electrons. The van der Waals surface area contributed by atoms with Gasteiger partial charge in [-0.15, -0.1) is 0 Å².